The van der Waals surface area contributed by atoms with Crippen LogP contribution in [-0.4, -0.2) is 16.2 Å². The molecule has 5 nitrogen and oxygen atoms in total. The van der Waals surface area contributed by atoms with Gasteiger partial charge in [0.2, 0.25) is 0 Å². The number of furan rings is 1. The maximum absolute atomic E-state index is 14.1. The van der Waals surface area contributed by atoms with Gasteiger partial charge in [0.05, 0.1) is 17.2 Å². The van der Waals surface area contributed by atoms with Gasteiger partial charge in [0, 0.05) is 6.07 Å². The molecule has 0 spiro atoms. The number of carbonyl (C=O) groups is 1. The Bertz CT molecular complexity index is 743. The third-order valence-electron chi connectivity index (χ3n) is 2.56. The van der Waals surface area contributed by atoms with E-state index in [1.54, 1.807) is 6.07 Å². The van der Waals surface area contributed by atoms with Crippen LogP contribution in [-0.2, 0) is 0 Å². The molecule has 3 rings (SSSR count). The number of carboxylic acid groups (broad SMARTS) is 1. The van der Waals surface area contributed by atoms with Crippen LogP contribution in [0.15, 0.2) is 39.5 Å². The van der Waals surface area contributed by atoms with Crippen LogP contribution in [0.5, 0.6) is 0 Å². The molecule has 0 unspecified atom stereocenters. The summed E-state index contributed by atoms with van der Waals surface area (Å²) in [5.41, 5.74) is 0.287. The van der Waals surface area contributed by atoms with Crippen molar-refractivity contribution in [1.29, 1.82) is 0 Å². The minimum Gasteiger partial charge on any atom is -0.476 e. The van der Waals surface area contributed by atoms with Crippen LogP contribution in [0, 0.1) is 5.82 Å². The molecule has 0 aliphatic heterocycles. The molecule has 2 aromatic heterocycles. The summed E-state index contributed by atoms with van der Waals surface area (Å²) >= 11 is 0. The molecule has 0 saturated heterocycles. The van der Waals surface area contributed by atoms with E-state index in [4.69, 9.17) is 14.0 Å². The highest BCUT2D eigenvalue weighted by Crippen LogP contribution is 2.29. The molecule has 18 heavy (non-hydrogen) atoms. The zero-order valence-electron chi connectivity index (χ0n) is 8.88. The largest absolute Gasteiger partial charge is 0.476 e. The highest BCUT2D eigenvalue weighted by molar-refractivity contribution is 5.88. The van der Waals surface area contributed by atoms with Gasteiger partial charge < -0.3 is 14.0 Å². The van der Waals surface area contributed by atoms with Gasteiger partial charge >= 0.3 is 5.97 Å². The lowest BCUT2D eigenvalue weighted by Gasteiger charge is -1.98. The molecule has 3 aromatic rings. The normalized spacial score (nSPS) is 10.9. The number of halogens is 1. The van der Waals surface area contributed by atoms with Crippen LogP contribution in [0.25, 0.3) is 22.3 Å². The number of carboxylic acids is 1. The van der Waals surface area contributed by atoms with Crippen molar-refractivity contribution in [3.05, 3.63) is 42.0 Å². The van der Waals surface area contributed by atoms with Crippen LogP contribution in [0.2, 0.25) is 0 Å². The highest BCUT2D eigenvalue weighted by Gasteiger charge is 2.17. The second-order valence-electron chi connectivity index (χ2n) is 3.64. The lowest BCUT2D eigenvalue weighted by Crippen LogP contribution is -1.94. The monoisotopic (exact) mass is 247 g/mol. The van der Waals surface area contributed by atoms with Crippen molar-refractivity contribution >= 4 is 16.9 Å². The first kappa shape index (κ1) is 10.5. The topological polar surface area (TPSA) is 76.5 Å². The second kappa shape index (κ2) is 3.69. The Hall–Kier alpha value is -2.63. The Morgan fingerprint density at radius 3 is 2.89 bits per heavy atom. The number of nitrogens with zero attached hydrogens (tertiary/aromatic N) is 1. The molecule has 1 aromatic carbocycles. The molecule has 1 N–H and O–H groups in total. The fourth-order valence-corrected chi connectivity index (χ4v) is 1.70. The van der Waals surface area contributed by atoms with Gasteiger partial charge in [-0.15, -0.1) is 0 Å². The van der Waals surface area contributed by atoms with E-state index in [1.807, 2.05) is 0 Å². The van der Waals surface area contributed by atoms with Crippen LogP contribution < -0.4 is 0 Å². The summed E-state index contributed by atoms with van der Waals surface area (Å²) in [7, 11) is 0. The van der Waals surface area contributed by atoms with Crippen LogP contribution >= 0.6 is 0 Å². The molecular formula is C12H6FNO4. The number of hydrogen-bond acceptors (Lipinski definition) is 4. The van der Waals surface area contributed by atoms with Crippen molar-refractivity contribution in [3.63, 3.8) is 0 Å². The number of aromatic carboxylic acids is 1. The van der Waals surface area contributed by atoms with E-state index < -0.39 is 11.8 Å². The molecule has 2 heterocycles. The SMILES string of the molecule is O=C(O)c1cc(-c2ccc3occc3c2F)on1. The average Bonchev–Trinajstić information content (AvgIpc) is 2.97. The average molecular weight is 247 g/mol. The summed E-state index contributed by atoms with van der Waals surface area (Å²) in [6, 6.07) is 5.69. The fourth-order valence-electron chi connectivity index (χ4n) is 1.70. The standard InChI is InChI=1S/C12H6FNO4/c13-11-6(1-2-9-7(11)3-4-17-9)10-5-8(12(15)16)14-18-10/h1-5H,(H,15,16). The van der Waals surface area contributed by atoms with Crippen LogP contribution in [0.4, 0.5) is 4.39 Å². The Balaban J connectivity index is 2.18. The Labute approximate surface area is 99.4 Å². The number of aromatic nitrogens is 1. The number of fused-ring (bicyclic) bond motifs is 1. The van der Waals surface area contributed by atoms with Gasteiger partial charge in [-0.25, -0.2) is 9.18 Å². The molecule has 90 valence electrons. The van der Waals surface area contributed by atoms with E-state index in [2.05, 4.69) is 5.16 Å². The third-order valence-corrected chi connectivity index (χ3v) is 2.56. The molecular weight excluding hydrogens is 241 g/mol. The van der Waals surface area contributed by atoms with E-state index in [0.29, 0.717) is 11.0 Å². The van der Waals surface area contributed by atoms with Crippen LogP contribution in [0.3, 0.4) is 0 Å². The maximum atomic E-state index is 14.1. The third kappa shape index (κ3) is 1.46. The van der Waals surface area contributed by atoms with Crippen molar-refractivity contribution in [3.8, 4) is 11.3 Å². The first-order chi connectivity index (χ1) is 8.66. The smallest absolute Gasteiger partial charge is 0.358 e. The summed E-state index contributed by atoms with van der Waals surface area (Å²) in [6.07, 6.45) is 1.38. The van der Waals surface area contributed by atoms with E-state index in [-0.39, 0.29) is 17.0 Å². The highest BCUT2D eigenvalue weighted by atomic mass is 19.1. The quantitative estimate of drug-likeness (QED) is 0.753. The Morgan fingerprint density at radius 1 is 1.33 bits per heavy atom. The Kier molecular flexibility index (Phi) is 2.16. The predicted molar refractivity (Wildman–Crippen MR) is 58.6 cm³/mol. The summed E-state index contributed by atoms with van der Waals surface area (Å²) in [5, 5.41) is 12.4. The minimum absolute atomic E-state index is 0.0630. The van der Waals surface area contributed by atoms with Gasteiger partial charge in [-0.05, 0) is 18.2 Å². The molecule has 0 radical (unpaired) electrons. The van der Waals surface area contributed by atoms with E-state index >= 15 is 0 Å². The molecule has 0 aliphatic rings. The fraction of sp³-hybridized carbons (Fsp3) is 0. The molecule has 0 fully saturated rings. The molecule has 6 heteroatoms. The van der Waals surface area contributed by atoms with Gasteiger partial charge in [-0.2, -0.15) is 0 Å². The van der Waals surface area contributed by atoms with Crippen molar-refractivity contribution in [2.75, 3.05) is 0 Å². The lowest BCUT2D eigenvalue weighted by atomic mass is 10.1. The summed E-state index contributed by atoms with van der Waals surface area (Å²) in [4.78, 5) is 10.7. The van der Waals surface area contributed by atoms with Crippen LogP contribution in [0.1, 0.15) is 10.5 Å². The first-order valence-electron chi connectivity index (χ1n) is 5.03. The first-order valence-corrected chi connectivity index (χ1v) is 5.03. The Morgan fingerprint density at radius 2 is 2.17 bits per heavy atom. The maximum Gasteiger partial charge on any atom is 0.358 e. The minimum atomic E-state index is -1.23. The van der Waals surface area contributed by atoms with Crippen molar-refractivity contribution in [2.45, 2.75) is 0 Å². The van der Waals surface area contributed by atoms with E-state index in [0.717, 1.165) is 0 Å². The van der Waals surface area contributed by atoms with Crippen molar-refractivity contribution in [2.24, 2.45) is 0 Å². The lowest BCUT2D eigenvalue weighted by molar-refractivity contribution is 0.0686. The van der Waals surface area contributed by atoms with Gasteiger partial charge in [-0.1, -0.05) is 5.16 Å². The number of rotatable bonds is 2. The zero-order valence-corrected chi connectivity index (χ0v) is 8.88. The summed E-state index contributed by atoms with van der Waals surface area (Å²) < 4.78 is 24.0. The predicted octanol–water partition coefficient (Wildman–Crippen LogP) is 2.93. The van der Waals surface area contributed by atoms with Crippen molar-refractivity contribution < 1.29 is 23.2 Å². The van der Waals surface area contributed by atoms with E-state index in [1.165, 1.54) is 24.5 Å². The van der Waals surface area contributed by atoms with Gasteiger partial charge in [0.1, 0.15) is 11.4 Å². The van der Waals surface area contributed by atoms with Gasteiger partial charge in [0.25, 0.3) is 0 Å². The summed E-state index contributed by atoms with van der Waals surface area (Å²) in [5.74, 6) is -1.70. The molecule has 0 amide bonds. The number of benzene rings is 1. The zero-order chi connectivity index (χ0) is 12.7. The van der Waals surface area contributed by atoms with Gasteiger partial charge in [0.15, 0.2) is 11.5 Å². The molecule has 0 atom stereocenters. The van der Waals surface area contributed by atoms with E-state index in [9.17, 15) is 9.18 Å². The molecule has 0 bridgehead atoms. The number of hydrogen-bond donors (Lipinski definition) is 1. The summed E-state index contributed by atoms with van der Waals surface area (Å²) in [6.45, 7) is 0. The molecule has 0 saturated carbocycles. The second-order valence-corrected chi connectivity index (χ2v) is 3.64. The van der Waals surface area contributed by atoms with Crippen molar-refractivity contribution in [1.82, 2.24) is 5.16 Å². The molecule has 0 aliphatic carbocycles. The van der Waals surface area contributed by atoms with Gasteiger partial charge in [-0.3, -0.25) is 0 Å².